The maximum atomic E-state index is 12.9. The molecule has 0 aliphatic rings. The normalized spacial score (nSPS) is 11.1. The van der Waals surface area contributed by atoms with Crippen LogP contribution in [0.5, 0.6) is 0 Å². The van der Waals surface area contributed by atoms with Gasteiger partial charge in [0.1, 0.15) is 5.69 Å². The third kappa shape index (κ3) is 4.49. The van der Waals surface area contributed by atoms with Crippen LogP contribution >= 0.6 is 0 Å². The Kier molecular flexibility index (Phi) is 7.29. The standard InChI is InChI=1S/C16H29N3O2/c1-5-8-18-12-13(17)11-15(18)16(20)19(9-10-21-4)14(6-2)7-3/h11-12,14H,5-10,17H2,1-4H3. The molecule has 0 unspecified atom stereocenters. The highest BCUT2D eigenvalue weighted by atomic mass is 16.5. The number of aryl methyl sites for hydroxylation is 1. The van der Waals surface area contributed by atoms with E-state index in [4.69, 9.17) is 10.5 Å². The number of carbonyl (C=O) groups is 1. The van der Waals surface area contributed by atoms with Crippen LogP contribution in [0.1, 0.15) is 50.5 Å². The number of nitrogens with zero attached hydrogens (tertiary/aromatic N) is 2. The Labute approximate surface area is 128 Å². The molecule has 0 bridgehead atoms. The number of hydrogen-bond donors (Lipinski definition) is 1. The van der Waals surface area contributed by atoms with Crippen LogP contribution in [-0.4, -0.2) is 41.7 Å². The molecule has 0 fully saturated rings. The maximum Gasteiger partial charge on any atom is 0.270 e. The summed E-state index contributed by atoms with van der Waals surface area (Å²) in [6.45, 7) is 8.28. The highest BCUT2D eigenvalue weighted by Gasteiger charge is 2.24. The molecule has 5 nitrogen and oxygen atoms in total. The quantitative estimate of drug-likeness (QED) is 0.762. The molecule has 2 N–H and O–H groups in total. The Balaban J connectivity index is 3.03. The molecule has 0 saturated heterocycles. The van der Waals surface area contributed by atoms with Crippen LogP contribution in [0.3, 0.4) is 0 Å². The second kappa shape index (κ2) is 8.72. The summed E-state index contributed by atoms with van der Waals surface area (Å²) in [5.74, 6) is 0.0471. The van der Waals surface area contributed by atoms with Gasteiger partial charge in [-0.05, 0) is 25.3 Å². The topological polar surface area (TPSA) is 60.5 Å². The predicted molar refractivity (Wildman–Crippen MR) is 86.4 cm³/mol. The lowest BCUT2D eigenvalue weighted by Crippen LogP contribution is -2.42. The Morgan fingerprint density at radius 1 is 1.38 bits per heavy atom. The lowest BCUT2D eigenvalue weighted by atomic mass is 10.1. The Morgan fingerprint density at radius 3 is 2.57 bits per heavy atom. The van der Waals surface area contributed by atoms with E-state index in [0.29, 0.717) is 24.5 Å². The van der Waals surface area contributed by atoms with Gasteiger partial charge in [0.25, 0.3) is 5.91 Å². The van der Waals surface area contributed by atoms with Gasteiger partial charge in [-0.25, -0.2) is 0 Å². The van der Waals surface area contributed by atoms with E-state index in [1.807, 2.05) is 15.7 Å². The molecule has 1 aromatic rings. The molecule has 0 aliphatic carbocycles. The maximum absolute atomic E-state index is 12.9. The van der Waals surface area contributed by atoms with Crippen molar-refractivity contribution >= 4 is 11.6 Å². The molecule has 0 aliphatic heterocycles. The fourth-order valence-electron chi connectivity index (χ4n) is 2.65. The third-order valence-corrected chi connectivity index (χ3v) is 3.78. The fraction of sp³-hybridized carbons (Fsp3) is 0.688. The van der Waals surface area contributed by atoms with E-state index in [1.165, 1.54) is 0 Å². The number of hydrogen-bond acceptors (Lipinski definition) is 3. The van der Waals surface area contributed by atoms with E-state index in [1.54, 1.807) is 13.2 Å². The van der Waals surface area contributed by atoms with Crippen LogP contribution in [0.25, 0.3) is 0 Å². The number of rotatable bonds is 9. The van der Waals surface area contributed by atoms with Crippen molar-refractivity contribution in [3.05, 3.63) is 18.0 Å². The summed E-state index contributed by atoms with van der Waals surface area (Å²) in [5, 5.41) is 0. The molecule has 0 radical (unpaired) electrons. The van der Waals surface area contributed by atoms with Gasteiger partial charge in [-0.3, -0.25) is 4.79 Å². The Bertz CT molecular complexity index is 439. The van der Waals surface area contributed by atoms with Gasteiger partial charge in [-0.1, -0.05) is 20.8 Å². The first kappa shape index (κ1) is 17.6. The Morgan fingerprint density at radius 2 is 2.05 bits per heavy atom. The van der Waals surface area contributed by atoms with Crippen LogP contribution in [0, 0.1) is 0 Å². The van der Waals surface area contributed by atoms with Gasteiger partial charge in [0.05, 0.1) is 12.3 Å². The summed E-state index contributed by atoms with van der Waals surface area (Å²) < 4.78 is 7.11. The van der Waals surface area contributed by atoms with Crippen molar-refractivity contribution in [1.29, 1.82) is 0 Å². The summed E-state index contributed by atoms with van der Waals surface area (Å²) >= 11 is 0. The molecule has 0 aromatic carbocycles. The van der Waals surface area contributed by atoms with Gasteiger partial charge in [0.15, 0.2) is 0 Å². The fourth-order valence-corrected chi connectivity index (χ4v) is 2.65. The van der Waals surface area contributed by atoms with E-state index in [9.17, 15) is 4.79 Å². The molecule has 120 valence electrons. The molecular weight excluding hydrogens is 266 g/mol. The highest BCUT2D eigenvalue weighted by molar-refractivity contribution is 5.94. The number of nitrogens with two attached hydrogens (primary N) is 1. The lowest BCUT2D eigenvalue weighted by Gasteiger charge is -2.30. The van der Waals surface area contributed by atoms with Gasteiger partial charge in [-0.2, -0.15) is 0 Å². The van der Waals surface area contributed by atoms with Crippen LogP contribution in [0.15, 0.2) is 12.3 Å². The largest absolute Gasteiger partial charge is 0.397 e. The van der Waals surface area contributed by atoms with Crippen LogP contribution in [0.4, 0.5) is 5.69 Å². The zero-order chi connectivity index (χ0) is 15.8. The number of anilines is 1. The van der Waals surface area contributed by atoms with Gasteiger partial charge < -0.3 is 19.9 Å². The van der Waals surface area contributed by atoms with Crippen LogP contribution in [-0.2, 0) is 11.3 Å². The molecule has 1 rings (SSSR count). The first-order chi connectivity index (χ1) is 10.1. The van der Waals surface area contributed by atoms with Gasteiger partial charge in [-0.15, -0.1) is 0 Å². The molecule has 1 heterocycles. The van der Waals surface area contributed by atoms with E-state index in [-0.39, 0.29) is 11.9 Å². The summed E-state index contributed by atoms with van der Waals surface area (Å²) in [6, 6.07) is 2.01. The third-order valence-electron chi connectivity index (χ3n) is 3.78. The van der Waals surface area contributed by atoms with Crippen molar-refractivity contribution in [3.8, 4) is 0 Å². The second-order valence-electron chi connectivity index (χ2n) is 5.31. The Hall–Kier alpha value is -1.49. The molecular formula is C16H29N3O2. The van der Waals surface area contributed by atoms with E-state index >= 15 is 0 Å². The van der Waals surface area contributed by atoms with Crippen molar-refractivity contribution in [2.24, 2.45) is 0 Å². The summed E-state index contributed by atoms with van der Waals surface area (Å²) in [7, 11) is 1.66. The minimum absolute atomic E-state index is 0.0471. The van der Waals surface area contributed by atoms with Gasteiger partial charge >= 0.3 is 0 Å². The van der Waals surface area contributed by atoms with Crippen molar-refractivity contribution in [3.63, 3.8) is 0 Å². The number of nitrogen functional groups attached to an aromatic ring is 1. The SMILES string of the molecule is CCCn1cc(N)cc1C(=O)N(CCOC)C(CC)CC. The molecule has 1 amide bonds. The number of carbonyl (C=O) groups excluding carboxylic acids is 1. The number of aromatic nitrogens is 1. The van der Waals surface area contributed by atoms with Gasteiger partial charge in [0, 0.05) is 32.4 Å². The predicted octanol–water partition coefficient (Wildman–Crippen LogP) is 2.76. The van der Waals surface area contributed by atoms with Crippen LogP contribution < -0.4 is 5.73 Å². The number of amides is 1. The van der Waals surface area contributed by atoms with Gasteiger partial charge in [0.2, 0.25) is 0 Å². The first-order valence-corrected chi connectivity index (χ1v) is 7.84. The van der Waals surface area contributed by atoms with Crippen LogP contribution in [0.2, 0.25) is 0 Å². The number of ether oxygens (including phenoxy) is 1. The molecule has 0 saturated carbocycles. The van der Waals surface area contributed by atoms with Crippen molar-refractivity contribution < 1.29 is 9.53 Å². The molecule has 5 heteroatoms. The zero-order valence-electron chi connectivity index (χ0n) is 13.8. The zero-order valence-corrected chi connectivity index (χ0v) is 13.8. The minimum Gasteiger partial charge on any atom is -0.397 e. The first-order valence-electron chi connectivity index (χ1n) is 7.84. The molecule has 1 aromatic heterocycles. The van der Waals surface area contributed by atoms with Crippen molar-refractivity contribution in [2.45, 2.75) is 52.6 Å². The van der Waals surface area contributed by atoms with Crippen molar-refractivity contribution in [2.75, 3.05) is 26.0 Å². The average molecular weight is 295 g/mol. The number of methoxy groups -OCH3 is 1. The van der Waals surface area contributed by atoms with E-state index in [2.05, 4.69) is 20.8 Å². The van der Waals surface area contributed by atoms with E-state index in [0.717, 1.165) is 25.8 Å². The average Bonchev–Trinajstić information content (AvgIpc) is 2.84. The summed E-state index contributed by atoms with van der Waals surface area (Å²) in [5.41, 5.74) is 7.19. The smallest absolute Gasteiger partial charge is 0.270 e. The minimum atomic E-state index is 0.0471. The molecule has 21 heavy (non-hydrogen) atoms. The summed E-state index contributed by atoms with van der Waals surface area (Å²) in [6.07, 6.45) is 4.70. The second-order valence-corrected chi connectivity index (χ2v) is 5.31. The molecule has 0 spiro atoms. The van der Waals surface area contributed by atoms with E-state index < -0.39 is 0 Å². The monoisotopic (exact) mass is 295 g/mol. The van der Waals surface area contributed by atoms with Crippen molar-refractivity contribution in [1.82, 2.24) is 9.47 Å². The highest BCUT2D eigenvalue weighted by Crippen LogP contribution is 2.18. The summed E-state index contributed by atoms with van der Waals surface area (Å²) in [4.78, 5) is 14.8. The lowest BCUT2D eigenvalue weighted by molar-refractivity contribution is 0.0578. The molecule has 0 atom stereocenters.